The molecule has 0 saturated carbocycles. The zero-order chi connectivity index (χ0) is 24.9. The van der Waals surface area contributed by atoms with Crippen LogP contribution in [0.2, 0.25) is 0 Å². The number of aromatic nitrogens is 2. The SMILES string of the molecule is CCOC(=O)/C=C/c1cn(-c2ccc(F)cc2)c(=O)c(N2CCN(C(=O)OC(C)(C)C)CC2)n1. The second-order valence-corrected chi connectivity index (χ2v) is 8.68. The first-order valence-corrected chi connectivity index (χ1v) is 11.0. The molecule has 34 heavy (non-hydrogen) atoms. The summed E-state index contributed by atoms with van der Waals surface area (Å²) in [6.45, 7) is 8.80. The molecule has 0 spiro atoms. The zero-order valence-electron chi connectivity index (χ0n) is 19.8. The number of carbonyl (C=O) groups is 2. The number of esters is 1. The summed E-state index contributed by atoms with van der Waals surface area (Å²) in [6.07, 6.45) is 3.76. The summed E-state index contributed by atoms with van der Waals surface area (Å²) in [5.41, 5.74) is -0.196. The van der Waals surface area contributed by atoms with Crippen LogP contribution in [0.1, 0.15) is 33.4 Å². The van der Waals surface area contributed by atoms with Gasteiger partial charge in [0.15, 0.2) is 5.82 Å². The van der Waals surface area contributed by atoms with Gasteiger partial charge in [0, 0.05) is 44.1 Å². The Bertz CT molecular complexity index is 1110. The number of hydrogen-bond donors (Lipinski definition) is 0. The maximum Gasteiger partial charge on any atom is 0.410 e. The van der Waals surface area contributed by atoms with Gasteiger partial charge in [0.2, 0.25) is 0 Å². The Hall–Kier alpha value is -3.69. The van der Waals surface area contributed by atoms with E-state index < -0.39 is 29.0 Å². The lowest BCUT2D eigenvalue weighted by atomic mass is 10.2. The summed E-state index contributed by atoms with van der Waals surface area (Å²) < 4.78 is 25.1. The Morgan fingerprint density at radius 3 is 2.35 bits per heavy atom. The van der Waals surface area contributed by atoms with Gasteiger partial charge in [-0.3, -0.25) is 9.36 Å². The van der Waals surface area contributed by atoms with Crippen molar-refractivity contribution in [1.82, 2.24) is 14.5 Å². The van der Waals surface area contributed by atoms with Gasteiger partial charge >= 0.3 is 12.1 Å². The fraction of sp³-hybridized carbons (Fsp3) is 0.417. The predicted molar refractivity (Wildman–Crippen MR) is 125 cm³/mol. The smallest absolute Gasteiger partial charge is 0.410 e. The predicted octanol–water partition coefficient (Wildman–Crippen LogP) is 3.01. The van der Waals surface area contributed by atoms with E-state index in [-0.39, 0.29) is 12.4 Å². The summed E-state index contributed by atoms with van der Waals surface area (Å²) >= 11 is 0. The minimum atomic E-state index is -0.599. The van der Waals surface area contributed by atoms with E-state index >= 15 is 0 Å². The quantitative estimate of drug-likeness (QED) is 0.488. The highest BCUT2D eigenvalue weighted by atomic mass is 19.1. The van der Waals surface area contributed by atoms with E-state index in [4.69, 9.17) is 9.47 Å². The second-order valence-electron chi connectivity index (χ2n) is 8.68. The average Bonchev–Trinajstić information content (AvgIpc) is 2.78. The molecule has 1 aromatic carbocycles. The molecule has 2 aromatic rings. The third-order valence-corrected chi connectivity index (χ3v) is 4.92. The van der Waals surface area contributed by atoms with Gasteiger partial charge in [-0.2, -0.15) is 0 Å². The van der Waals surface area contributed by atoms with Crippen LogP contribution in [0, 0.1) is 5.82 Å². The Kier molecular flexibility index (Phi) is 7.70. The van der Waals surface area contributed by atoms with Crippen LogP contribution < -0.4 is 10.5 Å². The zero-order valence-corrected chi connectivity index (χ0v) is 19.8. The van der Waals surface area contributed by atoms with Crippen molar-refractivity contribution < 1.29 is 23.5 Å². The molecule has 182 valence electrons. The Labute approximate surface area is 197 Å². The number of piperazine rings is 1. The van der Waals surface area contributed by atoms with Crippen molar-refractivity contribution in [1.29, 1.82) is 0 Å². The molecule has 2 heterocycles. The summed E-state index contributed by atoms with van der Waals surface area (Å²) in [6, 6.07) is 5.49. The average molecular weight is 473 g/mol. The highest BCUT2D eigenvalue weighted by Crippen LogP contribution is 2.16. The van der Waals surface area contributed by atoms with Crippen LogP contribution in [0.5, 0.6) is 0 Å². The van der Waals surface area contributed by atoms with Crippen LogP contribution in [0.4, 0.5) is 15.0 Å². The molecule has 0 radical (unpaired) electrons. The van der Waals surface area contributed by atoms with E-state index in [2.05, 4.69) is 4.98 Å². The van der Waals surface area contributed by atoms with Crippen LogP contribution in [0.15, 0.2) is 41.3 Å². The molecule has 1 amide bonds. The molecule has 0 atom stereocenters. The summed E-state index contributed by atoms with van der Waals surface area (Å²) in [7, 11) is 0. The maximum absolute atomic E-state index is 13.4. The number of benzene rings is 1. The van der Waals surface area contributed by atoms with Crippen LogP contribution in [0.25, 0.3) is 11.8 Å². The lowest BCUT2D eigenvalue weighted by Crippen LogP contribution is -2.51. The van der Waals surface area contributed by atoms with Gasteiger partial charge in [0.1, 0.15) is 11.4 Å². The maximum atomic E-state index is 13.4. The molecule has 10 heteroatoms. The first-order chi connectivity index (χ1) is 16.1. The van der Waals surface area contributed by atoms with Gasteiger partial charge in [-0.15, -0.1) is 0 Å². The van der Waals surface area contributed by atoms with E-state index in [0.717, 1.165) is 0 Å². The van der Waals surface area contributed by atoms with E-state index in [1.54, 1.807) is 37.5 Å². The Morgan fingerprint density at radius 1 is 1.12 bits per heavy atom. The highest BCUT2D eigenvalue weighted by molar-refractivity contribution is 5.86. The number of nitrogens with zero attached hydrogens (tertiary/aromatic N) is 4. The minimum absolute atomic E-state index is 0.166. The molecule has 1 fully saturated rings. The van der Waals surface area contributed by atoms with Crippen LogP contribution in [0.3, 0.4) is 0 Å². The van der Waals surface area contributed by atoms with Crippen molar-refractivity contribution in [2.45, 2.75) is 33.3 Å². The van der Waals surface area contributed by atoms with E-state index in [1.165, 1.54) is 47.2 Å². The van der Waals surface area contributed by atoms with E-state index in [0.29, 0.717) is 37.6 Å². The number of carbonyl (C=O) groups excluding carboxylic acids is 2. The normalized spacial score (nSPS) is 14.4. The fourth-order valence-corrected chi connectivity index (χ4v) is 3.35. The molecule has 0 aliphatic carbocycles. The third-order valence-electron chi connectivity index (χ3n) is 4.92. The third kappa shape index (κ3) is 6.43. The monoisotopic (exact) mass is 472 g/mol. The van der Waals surface area contributed by atoms with Crippen LogP contribution in [-0.2, 0) is 14.3 Å². The molecular formula is C24H29FN4O5. The lowest BCUT2D eigenvalue weighted by molar-refractivity contribution is -0.137. The molecule has 3 rings (SSSR count). The topological polar surface area (TPSA) is 94.0 Å². The number of rotatable bonds is 5. The molecule has 1 aromatic heterocycles. The molecule has 9 nitrogen and oxygen atoms in total. The Balaban J connectivity index is 1.90. The number of anilines is 1. The molecular weight excluding hydrogens is 443 g/mol. The van der Waals surface area contributed by atoms with Crippen molar-refractivity contribution in [2.24, 2.45) is 0 Å². The first kappa shape index (κ1) is 24.9. The molecule has 0 unspecified atom stereocenters. The molecule has 1 aliphatic rings. The van der Waals surface area contributed by atoms with Gasteiger partial charge in [-0.05, 0) is 58.0 Å². The van der Waals surface area contributed by atoms with Crippen molar-refractivity contribution in [3.63, 3.8) is 0 Å². The van der Waals surface area contributed by atoms with Crippen molar-refractivity contribution in [2.75, 3.05) is 37.7 Å². The standard InChI is InChI=1S/C24H29FN4O5/c1-5-33-20(30)11-8-18-16-29(19-9-6-17(25)7-10-19)22(31)21(26-18)27-12-14-28(15-13-27)23(32)34-24(2,3)4/h6-11,16H,5,12-15H2,1-4H3/b11-8+. The highest BCUT2D eigenvalue weighted by Gasteiger charge is 2.27. The van der Waals surface area contributed by atoms with E-state index in [9.17, 15) is 18.8 Å². The number of halogens is 1. The van der Waals surface area contributed by atoms with Crippen molar-refractivity contribution in [3.8, 4) is 5.69 Å². The van der Waals surface area contributed by atoms with Crippen molar-refractivity contribution >= 4 is 24.0 Å². The largest absolute Gasteiger partial charge is 0.463 e. The first-order valence-electron chi connectivity index (χ1n) is 11.0. The molecule has 0 N–H and O–H groups in total. The Morgan fingerprint density at radius 2 is 1.76 bits per heavy atom. The second kappa shape index (κ2) is 10.5. The molecule has 1 aliphatic heterocycles. The van der Waals surface area contributed by atoms with Crippen LogP contribution >= 0.6 is 0 Å². The van der Waals surface area contributed by atoms with E-state index in [1.807, 2.05) is 0 Å². The molecule has 1 saturated heterocycles. The lowest BCUT2D eigenvalue weighted by Gasteiger charge is -2.36. The van der Waals surface area contributed by atoms with Gasteiger partial charge < -0.3 is 19.3 Å². The van der Waals surface area contributed by atoms with Crippen LogP contribution in [-0.4, -0.2) is 64.9 Å². The summed E-state index contributed by atoms with van der Waals surface area (Å²) in [5.74, 6) is -0.790. The fourth-order valence-electron chi connectivity index (χ4n) is 3.35. The number of amides is 1. The van der Waals surface area contributed by atoms with Gasteiger partial charge in [-0.25, -0.2) is 19.0 Å². The minimum Gasteiger partial charge on any atom is -0.463 e. The summed E-state index contributed by atoms with van der Waals surface area (Å²) in [4.78, 5) is 45.2. The van der Waals surface area contributed by atoms with Gasteiger partial charge in [0.25, 0.3) is 5.56 Å². The number of ether oxygens (including phenoxy) is 2. The van der Waals surface area contributed by atoms with Crippen molar-refractivity contribution in [3.05, 3.63) is 58.4 Å². The van der Waals surface area contributed by atoms with Gasteiger partial charge in [-0.1, -0.05) is 0 Å². The van der Waals surface area contributed by atoms with Gasteiger partial charge in [0.05, 0.1) is 12.3 Å². The number of hydrogen-bond acceptors (Lipinski definition) is 7. The summed E-state index contributed by atoms with van der Waals surface area (Å²) in [5, 5.41) is 0. The molecule has 0 bridgehead atoms.